The van der Waals surface area contributed by atoms with E-state index in [4.69, 9.17) is 0 Å². The summed E-state index contributed by atoms with van der Waals surface area (Å²) in [4.78, 5) is 23.2. The van der Waals surface area contributed by atoms with E-state index in [1.807, 2.05) is 19.9 Å². The van der Waals surface area contributed by atoms with Gasteiger partial charge in [-0.2, -0.15) is 0 Å². The van der Waals surface area contributed by atoms with Crippen LogP contribution < -0.4 is 0 Å². The third kappa shape index (κ3) is 3.49. The smallest absolute Gasteiger partial charge is 0.336 e. The van der Waals surface area contributed by atoms with Gasteiger partial charge in [0.15, 0.2) is 0 Å². The van der Waals surface area contributed by atoms with Crippen molar-refractivity contribution in [2.45, 2.75) is 65.2 Å². The van der Waals surface area contributed by atoms with Gasteiger partial charge in [-0.15, -0.1) is 0 Å². The molecule has 122 valence electrons. The minimum Gasteiger partial charge on any atom is -0.478 e. The second-order valence-electron chi connectivity index (χ2n) is 5.63. The standard InChI is InChI=1S/C18H26O4/c1-5-11(6-2)13-9-10-14(17(19)20)16(18(21)22)15(13)12(7-3)8-4/h9-12H,5-8H2,1-4H3,(H,19,20)(H,21,22). The van der Waals surface area contributed by atoms with Gasteiger partial charge < -0.3 is 10.2 Å². The molecule has 1 aromatic carbocycles. The normalized spacial score (nSPS) is 11.2. The third-order valence-electron chi connectivity index (χ3n) is 4.54. The highest BCUT2D eigenvalue weighted by Crippen LogP contribution is 2.37. The number of carboxylic acid groups (broad SMARTS) is 2. The summed E-state index contributed by atoms with van der Waals surface area (Å²) in [6, 6.07) is 3.27. The zero-order valence-electron chi connectivity index (χ0n) is 13.8. The quantitative estimate of drug-likeness (QED) is 0.717. The Morgan fingerprint density at radius 2 is 1.36 bits per heavy atom. The number of hydrogen-bond acceptors (Lipinski definition) is 2. The van der Waals surface area contributed by atoms with Gasteiger partial charge in [-0.1, -0.05) is 33.8 Å². The molecule has 0 aliphatic carbocycles. The fourth-order valence-corrected chi connectivity index (χ4v) is 3.27. The number of rotatable bonds is 8. The topological polar surface area (TPSA) is 74.6 Å². The van der Waals surface area contributed by atoms with Crippen LogP contribution in [0.4, 0.5) is 0 Å². The highest BCUT2D eigenvalue weighted by atomic mass is 16.4. The SMILES string of the molecule is CCC(CC)c1ccc(C(=O)O)c(C(=O)O)c1C(CC)CC. The van der Waals surface area contributed by atoms with Crippen LogP contribution in [0.5, 0.6) is 0 Å². The molecule has 0 fully saturated rings. The van der Waals surface area contributed by atoms with Crippen molar-refractivity contribution >= 4 is 11.9 Å². The van der Waals surface area contributed by atoms with Crippen LogP contribution in [0.25, 0.3) is 0 Å². The minimum atomic E-state index is -1.18. The van der Waals surface area contributed by atoms with Gasteiger partial charge in [-0.25, -0.2) is 9.59 Å². The zero-order valence-corrected chi connectivity index (χ0v) is 13.8. The number of carboxylic acids is 2. The fraction of sp³-hybridized carbons (Fsp3) is 0.556. The summed E-state index contributed by atoms with van der Waals surface area (Å²) in [6.45, 7) is 8.20. The fourth-order valence-electron chi connectivity index (χ4n) is 3.27. The Morgan fingerprint density at radius 1 is 0.864 bits per heavy atom. The molecule has 0 saturated heterocycles. The van der Waals surface area contributed by atoms with E-state index < -0.39 is 11.9 Å². The minimum absolute atomic E-state index is 0.0226. The molecule has 0 aromatic heterocycles. The Labute approximate surface area is 132 Å². The zero-order chi connectivity index (χ0) is 16.9. The second-order valence-corrected chi connectivity index (χ2v) is 5.63. The maximum atomic E-state index is 11.8. The van der Waals surface area contributed by atoms with E-state index in [0.717, 1.165) is 36.8 Å². The first-order chi connectivity index (χ1) is 10.4. The van der Waals surface area contributed by atoms with Crippen molar-refractivity contribution in [1.29, 1.82) is 0 Å². The molecule has 0 saturated carbocycles. The van der Waals surface area contributed by atoms with Gasteiger partial charge in [0.2, 0.25) is 0 Å². The molecule has 0 heterocycles. The Morgan fingerprint density at radius 3 is 1.73 bits per heavy atom. The number of benzene rings is 1. The van der Waals surface area contributed by atoms with E-state index in [-0.39, 0.29) is 23.0 Å². The lowest BCUT2D eigenvalue weighted by atomic mass is 9.79. The van der Waals surface area contributed by atoms with Crippen molar-refractivity contribution in [1.82, 2.24) is 0 Å². The van der Waals surface area contributed by atoms with Gasteiger partial charge in [0.25, 0.3) is 0 Å². The first-order valence-electron chi connectivity index (χ1n) is 8.05. The largest absolute Gasteiger partial charge is 0.478 e. The first kappa shape index (κ1) is 18.2. The van der Waals surface area contributed by atoms with Crippen molar-refractivity contribution in [3.8, 4) is 0 Å². The molecule has 0 amide bonds. The molecule has 0 radical (unpaired) electrons. The molecule has 0 aliphatic rings. The molecule has 0 bridgehead atoms. The Hall–Kier alpha value is -1.84. The highest BCUT2D eigenvalue weighted by molar-refractivity contribution is 6.03. The van der Waals surface area contributed by atoms with Crippen LogP contribution in [0.15, 0.2) is 12.1 Å². The molecule has 1 rings (SSSR count). The predicted molar refractivity (Wildman–Crippen MR) is 87.0 cm³/mol. The van der Waals surface area contributed by atoms with Crippen molar-refractivity contribution in [3.05, 3.63) is 34.4 Å². The predicted octanol–water partition coefficient (Wildman–Crippen LogP) is 4.89. The van der Waals surface area contributed by atoms with E-state index in [1.54, 1.807) is 0 Å². The molecule has 0 spiro atoms. The lowest BCUT2D eigenvalue weighted by Gasteiger charge is -2.25. The highest BCUT2D eigenvalue weighted by Gasteiger charge is 2.28. The number of carbonyl (C=O) groups is 2. The van der Waals surface area contributed by atoms with Crippen LogP contribution >= 0.6 is 0 Å². The van der Waals surface area contributed by atoms with Crippen molar-refractivity contribution in [3.63, 3.8) is 0 Å². The third-order valence-corrected chi connectivity index (χ3v) is 4.54. The maximum absolute atomic E-state index is 11.8. The van der Waals surface area contributed by atoms with Gasteiger partial charge in [0.1, 0.15) is 0 Å². The molecule has 0 aliphatic heterocycles. The van der Waals surface area contributed by atoms with Crippen molar-refractivity contribution in [2.75, 3.05) is 0 Å². The van der Waals surface area contributed by atoms with E-state index in [1.165, 1.54) is 6.07 Å². The summed E-state index contributed by atoms with van der Waals surface area (Å²) < 4.78 is 0. The molecule has 4 nitrogen and oxygen atoms in total. The van der Waals surface area contributed by atoms with Gasteiger partial charge >= 0.3 is 11.9 Å². The Bertz CT molecular complexity index is 540. The second kappa shape index (κ2) is 7.97. The molecule has 0 atom stereocenters. The van der Waals surface area contributed by atoms with Crippen LogP contribution in [-0.4, -0.2) is 22.2 Å². The van der Waals surface area contributed by atoms with Crippen LogP contribution in [0.3, 0.4) is 0 Å². The summed E-state index contributed by atoms with van der Waals surface area (Å²) in [6.07, 6.45) is 3.42. The molecule has 1 aromatic rings. The summed E-state index contributed by atoms with van der Waals surface area (Å²) in [5.41, 5.74) is 1.60. The first-order valence-corrected chi connectivity index (χ1v) is 8.05. The van der Waals surface area contributed by atoms with E-state index in [2.05, 4.69) is 13.8 Å². The lowest BCUT2D eigenvalue weighted by molar-refractivity contribution is 0.0649. The number of hydrogen-bond donors (Lipinski definition) is 2. The number of aromatic carboxylic acids is 2. The average Bonchev–Trinajstić information content (AvgIpc) is 2.49. The van der Waals surface area contributed by atoms with Crippen molar-refractivity contribution in [2.24, 2.45) is 0 Å². The molecular formula is C18H26O4. The molecule has 4 heteroatoms. The van der Waals surface area contributed by atoms with E-state index in [9.17, 15) is 19.8 Å². The Balaban J connectivity index is 3.76. The summed E-state index contributed by atoms with van der Waals surface area (Å²) in [5, 5.41) is 19.0. The molecule has 2 N–H and O–H groups in total. The van der Waals surface area contributed by atoms with Crippen LogP contribution in [0, 0.1) is 0 Å². The lowest BCUT2D eigenvalue weighted by Crippen LogP contribution is -2.17. The summed E-state index contributed by atoms with van der Waals surface area (Å²) in [7, 11) is 0. The van der Waals surface area contributed by atoms with Crippen LogP contribution in [0.2, 0.25) is 0 Å². The van der Waals surface area contributed by atoms with Gasteiger partial charge in [0.05, 0.1) is 11.1 Å². The summed E-state index contributed by atoms with van der Waals surface area (Å²) in [5.74, 6) is -2.00. The average molecular weight is 306 g/mol. The Kier molecular flexibility index (Phi) is 6.60. The molecule has 0 unspecified atom stereocenters. The molecular weight excluding hydrogens is 280 g/mol. The molecule has 22 heavy (non-hydrogen) atoms. The van der Waals surface area contributed by atoms with E-state index >= 15 is 0 Å². The summed E-state index contributed by atoms with van der Waals surface area (Å²) >= 11 is 0. The monoisotopic (exact) mass is 306 g/mol. The van der Waals surface area contributed by atoms with Crippen molar-refractivity contribution < 1.29 is 19.8 Å². The maximum Gasteiger partial charge on any atom is 0.336 e. The van der Waals surface area contributed by atoms with Gasteiger partial charge in [-0.05, 0) is 54.7 Å². The van der Waals surface area contributed by atoms with Crippen LogP contribution in [0.1, 0.15) is 97.1 Å². The van der Waals surface area contributed by atoms with E-state index in [0.29, 0.717) is 0 Å². The van der Waals surface area contributed by atoms with Gasteiger partial charge in [-0.3, -0.25) is 0 Å². The van der Waals surface area contributed by atoms with Crippen LogP contribution in [-0.2, 0) is 0 Å². The van der Waals surface area contributed by atoms with Gasteiger partial charge in [0, 0.05) is 0 Å².